The van der Waals surface area contributed by atoms with Crippen LogP contribution >= 0.6 is 0 Å². The van der Waals surface area contributed by atoms with Crippen LogP contribution in [0.5, 0.6) is 0 Å². The summed E-state index contributed by atoms with van der Waals surface area (Å²) in [6.45, 7) is 7.17. The van der Waals surface area contributed by atoms with E-state index < -0.39 is 0 Å². The number of rotatable bonds is 6. The van der Waals surface area contributed by atoms with Gasteiger partial charge in [0.2, 0.25) is 5.95 Å². The van der Waals surface area contributed by atoms with E-state index in [0.29, 0.717) is 17.4 Å². The van der Waals surface area contributed by atoms with Gasteiger partial charge in [0.25, 0.3) is 0 Å². The summed E-state index contributed by atoms with van der Waals surface area (Å²) in [6, 6.07) is 11.3. The second kappa shape index (κ2) is 7.41. The number of hydrogen-bond donors (Lipinski definition) is 2. The number of anilines is 3. The highest BCUT2D eigenvalue weighted by atomic mass is 15.1. The molecule has 0 amide bonds. The summed E-state index contributed by atoms with van der Waals surface area (Å²) < 4.78 is 0. The Morgan fingerprint density at radius 2 is 2.05 bits per heavy atom. The average molecular weight is 295 g/mol. The SMILES string of the molecule is Cc1cc(Nc2cccc(C#N)c2)nc(NCCC(C)C)n1. The van der Waals surface area contributed by atoms with Gasteiger partial charge in [-0.25, -0.2) is 4.98 Å². The molecule has 2 aromatic rings. The standard InChI is InChI=1S/C17H21N5/c1-12(2)7-8-19-17-20-13(3)9-16(22-17)21-15-6-4-5-14(10-15)11-18/h4-6,9-10,12H,7-8H2,1-3H3,(H2,19,20,21,22). The van der Waals surface area contributed by atoms with Gasteiger partial charge >= 0.3 is 0 Å². The van der Waals surface area contributed by atoms with Crippen LogP contribution in [0.3, 0.4) is 0 Å². The molecule has 0 aliphatic heterocycles. The lowest BCUT2D eigenvalue weighted by molar-refractivity contribution is 0.606. The number of nitrogens with one attached hydrogen (secondary N) is 2. The fourth-order valence-electron chi connectivity index (χ4n) is 2.00. The average Bonchev–Trinajstić information content (AvgIpc) is 2.46. The first-order valence-corrected chi connectivity index (χ1v) is 7.43. The fraction of sp³-hybridized carbons (Fsp3) is 0.353. The highest BCUT2D eigenvalue weighted by Crippen LogP contribution is 2.18. The Morgan fingerprint density at radius 3 is 2.77 bits per heavy atom. The van der Waals surface area contributed by atoms with Crippen molar-refractivity contribution in [3.8, 4) is 6.07 Å². The monoisotopic (exact) mass is 295 g/mol. The lowest BCUT2D eigenvalue weighted by atomic mass is 10.1. The molecule has 114 valence electrons. The topological polar surface area (TPSA) is 73.6 Å². The van der Waals surface area contributed by atoms with Crippen LogP contribution in [-0.2, 0) is 0 Å². The first kappa shape index (κ1) is 15.8. The molecule has 0 aliphatic carbocycles. The van der Waals surface area contributed by atoms with Gasteiger partial charge in [-0.1, -0.05) is 19.9 Å². The molecule has 1 aromatic carbocycles. The Labute approximate surface area is 131 Å². The van der Waals surface area contributed by atoms with Crippen molar-refractivity contribution >= 4 is 17.5 Å². The van der Waals surface area contributed by atoms with Crippen molar-refractivity contribution in [3.63, 3.8) is 0 Å². The van der Waals surface area contributed by atoms with Crippen molar-refractivity contribution in [2.24, 2.45) is 5.92 Å². The Kier molecular flexibility index (Phi) is 5.31. The predicted octanol–water partition coefficient (Wildman–Crippen LogP) is 3.86. The van der Waals surface area contributed by atoms with Crippen LogP contribution in [0.4, 0.5) is 17.5 Å². The van der Waals surface area contributed by atoms with Crippen molar-refractivity contribution in [3.05, 3.63) is 41.6 Å². The third kappa shape index (κ3) is 4.74. The first-order chi connectivity index (χ1) is 10.6. The molecule has 0 fully saturated rings. The summed E-state index contributed by atoms with van der Waals surface area (Å²) in [5.74, 6) is 1.98. The van der Waals surface area contributed by atoms with Crippen LogP contribution in [0.1, 0.15) is 31.5 Å². The summed E-state index contributed by atoms with van der Waals surface area (Å²) in [5, 5.41) is 15.4. The summed E-state index contributed by atoms with van der Waals surface area (Å²) in [5.41, 5.74) is 2.34. The van der Waals surface area contributed by atoms with Crippen LogP contribution in [0.25, 0.3) is 0 Å². The molecule has 2 N–H and O–H groups in total. The van der Waals surface area contributed by atoms with Gasteiger partial charge < -0.3 is 10.6 Å². The fourth-order valence-corrected chi connectivity index (χ4v) is 2.00. The quantitative estimate of drug-likeness (QED) is 0.846. The van der Waals surface area contributed by atoms with Crippen molar-refractivity contribution < 1.29 is 0 Å². The lowest BCUT2D eigenvalue weighted by Gasteiger charge is -2.11. The number of benzene rings is 1. The van der Waals surface area contributed by atoms with Crippen LogP contribution in [-0.4, -0.2) is 16.5 Å². The molecule has 0 bridgehead atoms. The van der Waals surface area contributed by atoms with Gasteiger partial charge in [-0.05, 0) is 37.5 Å². The molecule has 0 aliphatic rings. The maximum atomic E-state index is 8.94. The molecule has 0 atom stereocenters. The summed E-state index contributed by atoms with van der Waals surface area (Å²) in [6.07, 6.45) is 1.07. The number of aromatic nitrogens is 2. The normalized spacial score (nSPS) is 10.3. The summed E-state index contributed by atoms with van der Waals surface area (Å²) in [7, 11) is 0. The second-order valence-corrected chi connectivity index (χ2v) is 5.65. The van der Waals surface area contributed by atoms with Crippen LogP contribution in [0.15, 0.2) is 30.3 Å². The zero-order chi connectivity index (χ0) is 15.9. The molecule has 0 saturated carbocycles. The molecular formula is C17H21N5. The minimum atomic E-state index is 0.617. The van der Waals surface area contributed by atoms with Crippen LogP contribution in [0.2, 0.25) is 0 Å². The molecule has 0 saturated heterocycles. The van der Waals surface area contributed by atoms with Crippen molar-refractivity contribution in [2.45, 2.75) is 27.2 Å². The molecule has 1 heterocycles. The van der Waals surface area contributed by atoms with E-state index in [9.17, 15) is 0 Å². The third-order valence-corrected chi connectivity index (χ3v) is 3.12. The predicted molar refractivity (Wildman–Crippen MR) is 89.2 cm³/mol. The zero-order valence-electron chi connectivity index (χ0n) is 13.2. The molecule has 22 heavy (non-hydrogen) atoms. The van der Waals surface area contributed by atoms with Crippen molar-refractivity contribution in [1.82, 2.24) is 9.97 Å². The maximum Gasteiger partial charge on any atom is 0.224 e. The van der Waals surface area contributed by atoms with E-state index in [1.807, 2.05) is 25.1 Å². The van der Waals surface area contributed by atoms with Crippen molar-refractivity contribution in [1.29, 1.82) is 5.26 Å². The zero-order valence-corrected chi connectivity index (χ0v) is 13.2. The van der Waals surface area contributed by atoms with Gasteiger partial charge in [0.15, 0.2) is 0 Å². The Bertz CT molecular complexity index is 673. The van der Waals surface area contributed by atoms with E-state index in [1.165, 1.54) is 0 Å². The Morgan fingerprint density at radius 1 is 1.23 bits per heavy atom. The molecule has 5 nitrogen and oxygen atoms in total. The van der Waals surface area contributed by atoms with Gasteiger partial charge in [-0.3, -0.25) is 0 Å². The van der Waals surface area contributed by atoms with E-state index in [1.54, 1.807) is 12.1 Å². The van der Waals surface area contributed by atoms with Crippen LogP contribution in [0, 0.1) is 24.2 Å². The van der Waals surface area contributed by atoms with Crippen molar-refractivity contribution in [2.75, 3.05) is 17.2 Å². The lowest BCUT2D eigenvalue weighted by Crippen LogP contribution is -2.09. The maximum absolute atomic E-state index is 8.94. The van der Waals surface area contributed by atoms with Gasteiger partial charge in [0, 0.05) is 24.0 Å². The molecule has 2 rings (SSSR count). The second-order valence-electron chi connectivity index (χ2n) is 5.65. The molecule has 5 heteroatoms. The molecule has 0 radical (unpaired) electrons. The minimum absolute atomic E-state index is 0.617. The van der Waals surface area contributed by atoms with Gasteiger partial charge in [0.1, 0.15) is 5.82 Å². The summed E-state index contributed by atoms with van der Waals surface area (Å²) in [4.78, 5) is 8.86. The van der Waals surface area contributed by atoms with E-state index in [-0.39, 0.29) is 0 Å². The van der Waals surface area contributed by atoms with E-state index in [0.717, 1.165) is 30.2 Å². The van der Waals surface area contributed by atoms with Crippen LogP contribution < -0.4 is 10.6 Å². The Hall–Kier alpha value is -2.61. The highest BCUT2D eigenvalue weighted by Gasteiger charge is 2.04. The molecule has 0 unspecified atom stereocenters. The summed E-state index contributed by atoms with van der Waals surface area (Å²) >= 11 is 0. The van der Waals surface area contributed by atoms with E-state index in [2.05, 4.69) is 40.5 Å². The van der Waals surface area contributed by atoms with E-state index in [4.69, 9.17) is 5.26 Å². The first-order valence-electron chi connectivity index (χ1n) is 7.43. The largest absolute Gasteiger partial charge is 0.354 e. The number of hydrogen-bond acceptors (Lipinski definition) is 5. The number of aryl methyl sites for hydroxylation is 1. The highest BCUT2D eigenvalue weighted by molar-refractivity contribution is 5.59. The molecular weight excluding hydrogens is 274 g/mol. The molecule has 0 spiro atoms. The smallest absolute Gasteiger partial charge is 0.224 e. The Balaban J connectivity index is 2.10. The van der Waals surface area contributed by atoms with Gasteiger partial charge in [0.05, 0.1) is 11.6 Å². The van der Waals surface area contributed by atoms with E-state index >= 15 is 0 Å². The third-order valence-electron chi connectivity index (χ3n) is 3.12. The minimum Gasteiger partial charge on any atom is -0.354 e. The number of nitriles is 1. The molecule has 1 aromatic heterocycles. The van der Waals surface area contributed by atoms with Gasteiger partial charge in [-0.2, -0.15) is 10.2 Å². The van der Waals surface area contributed by atoms with Gasteiger partial charge in [-0.15, -0.1) is 0 Å². The number of nitrogens with zero attached hydrogens (tertiary/aromatic N) is 3.